The van der Waals surface area contributed by atoms with Gasteiger partial charge in [-0.2, -0.15) is 0 Å². The molecule has 2 aromatic heterocycles. The van der Waals surface area contributed by atoms with Crippen LogP contribution in [-0.4, -0.2) is 56.4 Å². The van der Waals surface area contributed by atoms with Gasteiger partial charge in [0.1, 0.15) is 17.1 Å². The Bertz CT molecular complexity index is 710. The minimum absolute atomic E-state index is 0.0358. The maximum absolute atomic E-state index is 9.97. The first-order valence-corrected chi connectivity index (χ1v) is 7.92. The molecule has 2 aromatic rings. The van der Waals surface area contributed by atoms with Crippen molar-refractivity contribution in [2.24, 2.45) is 0 Å². The van der Waals surface area contributed by atoms with Gasteiger partial charge in [-0.3, -0.25) is 0 Å². The van der Waals surface area contributed by atoms with E-state index in [0.717, 1.165) is 25.9 Å². The number of likely N-dealkylation sites (tertiary alicyclic amines) is 1. The first kappa shape index (κ1) is 15.9. The van der Waals surface area contributed by atoms with Crippen LogP contribution in [-0.2, 0) is 0 Å². The second kappa shape index (κ2) is 6.64. The lowest BCUT2D eigenvalue weighted by atomic mass is 10.1. The smallest absolute Gasteiger partial charge is 0.243 e. The molecule has 0 aliphatic carbocycles. The third-order valence-corrected chi connectivity index (χ3v) is 4.08. The highest BCUT2D eigenvalue weighted by atomic mass is 35.5. The number of likely N-dealkylation sites (N-methyl/N-ethyl adjacent to an activating group) is 1. The van der Waals surface area contributed by atoms with Crippen molar-refractivity contribution in [3.8, 4) is 17.1 Å². The predicted molar refractivity (Wildman–Crippen MR) is 88.6 cm³/mol. The van der Waals surface area contributed by atoms with Crippen LogP contribution in [0.1, 0.15) is 18.5 Å². The largest absolute Gasteiger partial charge is 0.506 e. The Morgan fingerprint density at radius 1 is 1.35 bits per heavy atom. The summed E-state index contributed by atoms with van der Waals surface area (Å²) in [6, 6.07) is 1.75. The second-order valence-electron chi connectivity index (χ2n) is 5.84. The number of anilines is 1. The van der Waals surface area contributed by atoms with Crippen molar-refractivity contribution in [3.05, 3.63) is 23.0 Å². The minimum Gasteiger partial charge on any atom is -0.506 e. The standard InChI is InChI=1S/C15H19ClN6O/c1-9-13(14-12(23)6-10(16)7-17-14)20-21-15(18-9)19-11-4-3-5-22(2)8-11/h6-7,11,23H,3-5,8H2,1-2H3,(H,18,19,21). The van der Waals surface area contributed by atoms with E-state index in [1.807, 2.05) is 6.92 Å². The van der Waals surface area contributed by atoms with Crippen LogP contribution in [0.2, 0.25) is 5.02 Å². The number of piperidine rings is 1. The first-order valence-electron chi connectivity index (χ1n) is 7.54. The van der Waals surface area contributed by atoms with E-state index in [0.29, 0.717) is 34.1 Å². The molecule has 0 amide bonds. The van der Waals surface area contributed by atoms with E-state index in [4.69, 9.17) is 11.6 Å². The molecule has 2 N–H and O–H groups in total. The van der Waals surface area contributed by atoms with E-state index in [1.165, 1.54) is 12.3 Å². The second-order valence-corrected chi connectivity index (χ2v) is 6.27. The Labute approximate surface area is 139 Å². The average molecular weight is 335 g/mol. The number of aromatic hydroxyl groups is 1. The fourth-order valence-electron chi connectivity index (χ4n) is 2.76. The normalized spacial score (nSPS) is 18.8. The third-order valence-electron chi connectivity index (χ3n) is 3.88. The minimum atomic E-state index is -0.0358. The lowest BCUT2D eigenvalue weighted by Crippen LogP contribution is -2.40. The van der Waals surface area contributed by atoms with Crippen LogP contribution in [0.15, 0.2) is 12.3 Å². The van der Waals surface area contributed by atoms with Crippen molar-refractivity contribution < 1.29 is 5.11 Å². The van der Waals surface area contributed by atoms with E-state index < -0.39 is 0 Å². The molecule has 23 heavy (non-hydrogen) atoms. The van der Waals surface area contributed by atoms with Crippen molar-refractivity contribution in [2.45, 2.75) is 25.8 Å². The predicted octanol–water partition coefficient (Wildman–Crippen LogP) is 2.11. The fraction of sp³-hybridized carbons (Fsp3) is 0.467. The van der Waals surface area contributed by atoms with Gasteiger partial charge in [0.05, 0.1) is 10.7 Å². The molecule has 3 heterocycles. The molecular weight excluding hydrogens is 316 g/mol. The molecule has 8 heteroatoms. The zero-order valence-corrected chi connectivity index (χ0v) is 13.9. The average Bonchev–Trinajstić information content (AvgIpc) is 2.48. The number of hydrogen-bond acceptors (Lipinski definition) is 7. The molecule has 0 radical (unpaired) electrons. The number of nitrogens with one attached hydrogen (secondary N) is 1. The Kier molecular flexibility index (Phi) is 4.58. The van der Waals surface area contributed by atoms with E-state index in [1.54, 1.807) is 0 Å². The highest BCUT2D eigenvalue weighted by Gasteiger charge is 2.19. The molecule has 0 saturated carbocycles. The molecule has 1 saturated heterocycles. The van der Waals surface area contributed by atoms with Gasteiger partial charge in [-0.25, -0.2) is 9.97 Å². The molecule has 7 nitrogen and oxygen atoms in total. The number of aryl methyl sites for hydroxylation is 1. The van der Waals surface area contributed by atoms with Crippen LogP contribution in [0.4, 0.5) is 5.95 Å². The molecular formula is C15H19ClN6O. The summed E-state index contributed by atoms with van der Waals surface area (Å²) in [5.74, 6) is 0.464. The van der Waals surface area contributed by atoms with Gasteiger partial charge in [-0.1, -0.05) is 11.6 Å². The van der Waals surface area contributed by atoms with E-state index in [-0.39, 0.29) is 5.75 Å². The van der Waals surface area contributed by atoms with Crippen LogP contribution in [0, 0.1) is 6.92 Å². The summed E-state index contributed by atoms with van der Waals surface area (Å²) in [7, 11) is 2.11. The number of hydrogen-bond donors (Lipinski definition) is 2. The quantitative estimate of drug-likeness (QED) is 0.888. The lowest BCUT2D eigenvalue weighted by molar-refractivity contribution is 0.260. The van der Waals surface area contributed by atoms with Crippen LogP contribution < -0.4 is 5.32 Å². The van der Waals surface area contributed by atoms with Crippen molar-refractivity contribution in [2.75, 3.05) is 25.5 Å². The summed E-state index contributed by atoms with van der Waals surface area (Å²) in [5, 5.41) is 21.9. The number of pyridine rings is 1. The summed E-state index contributed by atoms with van der Waals surface area (Å²) in [4.78, 5) is 10.8. The SMILES string of the molecule is Cc1nc(NC2CCCN(C)C2)nnc1-c1ncc(Cl)cc1O. The van der Waals surface area contributed by atoms with Crippen molar-refractivity contribution in [1.29, 1.82) is 0 Å². The zero-order chi connectivity index (χ0) is 16.4. The number of halogens is 1. The molecule has 1 aliphatic rings. The molecule has 1 unspecified atom stereocenters. The first-order chi connectivity index (χ1) is 11.0. The molecule has 1 atom stereocenters. The Morgan fingerprint density at radius 3 is 2.87 bits per heavy atom. The maximum atomic E-state index is 9.97. The summed E-state index contributed by atoms with van der Waals surface area (Å²) in [6.07, 6.45) is 3.71. The van der Waals surface area contributed by atoms with Gasteiger partial charge in [0.15, 0.2) is 0 Å². The van der Waals surface area contributed by atoms with Gasteiger partial charge >= 0.3 is 0 Å². The molecule has 1 fully saturated rings. The Balaban J connectivity index is 1.80. The maximum Gasteiger partial charge on any atom is 0.243 e. The van der Waals surface area contributed by atoms with Gasteiger partial charge in [0.2, 0.25) is 5.95 Å². The summed E-state index contributed by atoms with van der Waals surface area (Å²) < 4.78 is 0. The van der Waals surface area contributed by atoms with Gasteiger partial charge in [0, 0.05) is 24.8 Å². The summed E-state index contributed by atoms with van der Waals surface area (Å²) in [6.45, 7) is 3.90. The van der Waals surface area contributed by atoms with Gasteiger partial charge in [0.25, 0.3) is 0 Å². The van der Waals surface area contributed by atoms with Gasteiger partial charge in [-0.05, 0) is 33.4 Å². The Morgan fingerprint density at radius 2 is 2.17 bits per heavy atom. The Hall–Kier alpha value is -1.99. The van der Waals surface area contributed by atoms with E-state index >= 15 is 0 Å². The van der Waals surface area contributed by atoms with Crippen LogP contribution in [0.3, 0.4) is 0 Å². The fourth-order valence-corrected chi connectivity index (χ4v) is 2.91. The summed E-state index contributed by atoms with van der Waals surface area (Å²) >= 11 is 5.80. The van der Waals surface area contributed by atoms with Crippen LogP contribution in [0.5, 0.6) is 5.75 Å². The third kappa shape index (κ3) is 3.68. The van der Waals surface area contributed by atoms with Crippen LogP contribution >= 0.6 is 11.6 Å². The summed E-state index contributed by atoms with van der Waals surface area (Å²) in [5.41, 5.74) is 1.43. The number of aromatic nitrogens is 4. The number of rotatable bonds is 3. The van der Waals surface area contributed by atoms with Gasteiger partial charge < -0.3 is 15.3 Å². The van der Waals surface area contributed by atoms with Crippen molar-refractivity contribution in [3.63, 3.8) is 0 Å². The molecule has 0 bridgehead atoms. The molecule has 1 aliphatic heterocycles. The van der Waals surface area contributed by atoms with Crippen LogP contribution in [0.25, 0.3) is 11.4 Å². The topological polar surface area (TPSA) is 87.1 Å². The van der Waals surface area contributed by atoms with Gasteiger partial charge in [-0.15, -0.1) is 10.2 Å². The molecule has 0 spiro atoms. The molecule has 3 rings (SSSR count). The van der Waals surface area contributed by atoms with Crippen molar-refractivity contribution in [1.82, 2.24) is 25.1 Å². The van der Waals surface area contributed by atoms with E-state index in [9.17, 15) is 5.11 Å². The number of nitrogens with zero attached hydrogens (tertiary/aromatic N) is 5. The highest BCUT2D eigenvalue weighted by Crippen LogP contribution is 2.29. The monoisotopic (exact) mass is 334 g/mol. The highest BCUT2D eigenvalue weighted by molar-refractivity contribution is 6.30. The van der Waals surface area contributed by atoms with Crippen molar-refractivity contribution >= 4 is 17.5 Å². The molecule has 122 valence electrons. The zero-order valence-electron chi connectivity index (χ0n) is 13.1. The van der Waals surface area contributed by atoms with E-state index in [2.05, 4.69) is 37.4 Å². The molecule has 0 aromatic carbocycles. The lowest BCUT2D eigenvalue weighted by Gasteiger charge is -2.30.